The summed E-state index contributed by atoms with van der Waals surface area (Å²) in [7, 11) is -2.39. The lowest BCUT2D eigenvalue weighted by atomic mass is 10.1. The summed E-state index contributed by atoms with van der Waals surface area (Å²) in [6.45, 7) is 0.678. The summed E-state index contributed by atoms with van der Waals surface area (Å²) in [6.07, 6.45) is 1.49. The molecule has 0 bridgehead atoms. The Morgan fingerprint density at radius 1 is 1.16 bits per heavy atom. The zero-order valence-corrected chi connectivity index (χ0v) is 18.9. The van der Waals surface area contributed by atoms with Gasteiger partial charge in [-0.1, -0.05) is 30.3 Å². The van der Waals surface area contributed by atoms with E-state index in [-0.39, 0.29) is 6.54 Å². The number of sulfonamides is 1. The van der Waals surface area contributed by atoms with E-state index in [9.17, 15) is 13.2 Å². The highest BCUT2D eigenvalue weighted by Crippen LogP contribution is 2.35. The molecule has 1 aliphatic rings. The lowest BCUT2D eigenvalue weighted by molar-refractivity contribution is -0.116. The van der Waals surface area contributed by atoms with Crippen molar-refractivity contribution in [1.82, 2.24) is 9.29 Å². The van der Waals surface area contributed by atoms with Crippen molar-refractivity contribution in [2.45, 2.75) is 0 Å². The van der Waals surface area contributed by atoms with Crippen molar-refractivity contribution in [3.8, 4) is 22.8 Å². The second-order valence-corrected chi connectivity index (χ2v) is 9.74. The Kier molecular flexibility index (Phi) is 6.54. The van der Waals surface area contributed by atoms with Crippen molar-refractivity contribution in [2.24, 2.45) is 0 Å². The fourth-order valence-electron chi connectivity index (χ4n) is 2.95. The first-order valence-electron chi connectivity index (χ1n) is 9.75. The quantitative estimate of drug-likeness (QED) is 0.567. The number of likely N-dealkylation sites (N-methyl/N-ethyl adjacent to an activating group) is 1. The molecule has 1 aromatic heterocycles. The summed E-state index contributed by atoms with van der Waals surface area (Å²) in [5.74, 6) is 0.865. The van der Waals surface area contributed by atoms with Crippen LogP contribution in [0, 0.1) is 0 Å². The number of benzene rings is 2. The molecule has 3 aromatic rings. The normalized spacial score (nSPS) is 13.4. The third-order valence-electron chi connectivity index (χ3n) is 4.62. The zero-order valence-electron chi connectivity index (χ0n) is 17.2. The van der Waals surface area contributed by atoms with Gasteiger partial charge < -0.3 is 14.8 Å². The second kappa shape index (κ2) is 9.51. The molecule has 1 N–H and O–H groups in total. The van der Waals surface area contributed by atoms with Crippen LogP contribution in [0.15, 0.2) is 59.3 Å². The monoisotopic (exact) mass is 471 g/mol. The molecule has 166 valence electrons. The first kappa shape index (κ1) is 22.0. The number of carbonyl (C=O) groups excluding carboxylic acids is 1. The van der Waals surface area contributed by atoms with Crippen LogP contribution in [0.1, 0.15) is 5.56 Å². The van der Waals surface area contributed by atoms with Crippen LogP contribution >= 0.6 is 11.3 Å². The molecule has 0 spiro atoms. The third-order valence-corrected chi connectivity index (χ3v) is 6.86. The summed E-state index contributed by atoms with van der Waals surface area (Å²) < 4.78 is 36.9. The van der Waals surface area contributed by atoms with Crippen molar-refractivity contribution >= 4 is 38.5 Å². The average molecular weight is 472 g/mol. The van der Waals surface area contributed by atoms with Crippen molar-refractivity contribution < 1.29 is 22.7 Å². The molecule has 2 heterocycles. The molecule has 0 atom stereocenters. The Hall–Kier alpha value is -3.21. The largest absolute Gasteiger partial charge is 0.486 e. The number of aromatic nitrogens is 1. The Morgan fingerprint density at radius 3 is 2.69 bits per heavy atom. The van der Waals surface area contributed by atoms with Gasteiger partial charge in [0.15, 0.2) is 16.6 Å². The number of rotatable bonds is 7. The zero-order chi connectivity index (χ0) is 22.6. The van der Waals surface area contributed by atoms with Gasteiger partial charge in [-0.05, 0) is 29.8 Å². The van der Waals surface area contributed by atoms with Crippen molar-refractivity contribution in [3.05, 3.63) is 64.9 Å². The SMILES string of the molecule is CN(CC(=O)Nc1nc(-c2ccc3c(c2)OCCO3)cs1)S(=O)(=O)/C=C/c1ccccc1. The molecule has 10 heteroatoms. The topological polar surface area (TPSA) is 97.8 Å². The predicted octanol–water partition coefficient (Wildman–Crippen LogP) is 3.45. The van der Waals surface area contributed by atoms with Gasteiger partial charge in [-0.3, -0.25) is 4.79 Å². The summed E-state index contributed by atoms with van der Waals surface area (Å²) in [5.41, 5.74) is 2.26. The van der Waals surface area contributed by atoms with Crippen LogP contribution in [0.25, 0.3) is 17.3 Å². The highest BCUT2D eigenvalue weighted by atomic mass is 32.2. The highest BCUT2D eigenvalue weighted by Gasteiger charge is 2.19. The van der Waals surface area contributed by atoms with E-state index in [2.05, 4.69) is 10.3 Å². The lowest BCUT2D eigenvalue weighted by Crippen LogP contribution is -2.33. The minimum Gasteiger partial charge on any atom is -0.486 e. The van der Waals surface area contributed by atoms with Crippen LogP contribution in [0.4, 0.5) is 5.13 Å². The van der Waals surface area contributed by atoms with Gasteiger partial charge in [0, 0.05) is 23.4 Å². The fourth-order valence-corrected chi connectivity index (χ4v) is 4.52. The molecular formula is C22H21N3O5S2. The number of thiazole rings is 1. The number of fused-ring (bicyclic) bond motifs is 1. The van der Waals surface area contributed by atoms with Gasteiger partial charge in [0.05, 0.1) is 12.2 Å². The van der Waals surface area contributed by atoms with E-state index in [1.54, 1.807) is 12.1 Å². The number of hydrogen-bond donors (Lipinski definition) is 1. The summed E-state index contributed by atoms with van der Waals surface area (Å²) in [6, 6.07) is 14.6. The summed E-state index contributed by atoms with van der Waals surface area (Å²) in [5, 5.41) is 5.93. The lowest BCUT2D eigenvalue weighted by Gasteiger charge is -2.18. The molecule has 1 amide bonds. The van der Waals surface area contributed by atoms with E-state index in [4.69, 9.17) is 9.47 Å². The van der Waals surface area contributed by atoms with Crippen LogP contribution in [0.3, 0.4) is 0 Å². The number of nitrogens with zero attached hydrogens (tertiary/aromatic N) is 2. The Labute approximate surface area is 190 Å². The molecule has 0 saturated carbocycles. The molecule has 0 radical (unpaired) electrons. The molecule has 8 nitrogen and oxygen atoms in total. The standard InChI is InChI=1S/C22H21N3O5S2/c1-25(32(27,28)12-9-16-5-3-2-4-6-16)14-21(26)24-22-23-18(15-31-22)17-7-8-19-20(13-17)30-11-10-29-19/h2-9,12-13,15H,10-11,14H2,1H3,(H,23,24,26)/b12-9+. The molecule has 0 unspecified atom stereocenters. The van der Waals surface area contributed by atoms with Crippen molar-refractivity contribution in [2.75, 3.05) is 32.1 Å². The van der Waals surface area contributed by atoms with Gasteiger partial charge in [-0.25, -0.2) is 13.4 Å². The van der Waals surface area contributed by atoms with Crippen LogP contribution in [0.5, 0.6) is 11.5 Å². The summed E-state index contributed by atoms with van der Waals surface area (Å²) >= 11 is 1.26. The first-order valence-corrected chi connectivity index (χ1v) is 12.1. The maximum absolute atomic E-state index is 12.4. The number of ether oxygens (including phenoxy) is 2. The van der Waals surface area contributed by atoms with Gasteiger partial charge in [-0.2, -0.15) is 4.31 Å². The highest BCUT2D eigenvalue weighted by molar-refractivity contribution is 7.92. The van der Waals surface area contributed by atoms with Gasteiger partial charge in [0.2, 0.25) is 15.9 Å². The first-order chi connectivity index (χ1) is 15.4. The van der Waals surface area contributed by atoms with Crippen LogP contribution in [-0.4, -0.2) is 50.4 Å². The number of anilines is 1. The predicted molar refractivity (Wildman–Crippen MR) is 124 cm³/mol. The Morgan fingerprint density at radius 2 is 1.91 bits per heavy atom. The molecule has 2 aromatic carbocycles. The molecule has 0 aliphatic carbocycles. The smallest absolute Gasteiger partial charge is 0.241 e. The molecular weight excluding hydrogens is 450 g/mol. The molecule has 0 saturated heterocycles. The van der Waals surface area contributed by atoms with E-state index in [0.29, 0.717) is 35.5 Å². The van der Waals surface area contributed by atoms with E-state index >= 15 is 0 Å². The van der Waals surface area contributed by atoms with E-state index in [1.807, 2.05) is 41.8 Å². The second-order valence-electron chi connectivity index (χ2n) is 6.96. The minimum absolute atomic E-state index is 0.333. The maximum Gasteiger partial charge on any atom is 0.241 e. The molecule has 32 heavy (non-hydrogen) atoms. The van der Waals surface area contributed by atoms with E-state index < -0.39 is 15.9 Å². The van der Waals surface area contributed by atoms with E-state index in [1.165, 1.54) is 24.5 Å². The number of amides is 1. The van der Waals surface area contributed by atoms with Gasteiger partial charge in [0.25, 0.3) is 0 Å². The van der Waals surface area contributed by atoms with Crippen LogP contribution in [0.2, 0.25) is 0 Å². The number of carbonyl (C=O) groups is 1. The number of hydrogen-bond acceptors (Lipinski definition) is 7. The van der Waals surface area contributed by atoms with E-state index in [0.717, 1.165) is 20.8 Å². The summed E-state index contributed by atoms with van der Waals surface area (Å²) in [4.78, 5) is 16.8. The van der Waals surface area contributed by atoms with Gasteiger partial charge >= 0.3 is 0 Å². The Balaban J connectivity index is 1.37. The molecule has 1 aliphatic heterocycles. The molecule has 4 rings (SSSR count). The Bertz CT molecular complexity index is 1240. The van der Waals surface area contributed by atoms with Crippen molar-refractivity contribution in [3.63, 3.8) is 0 Å². The van der Waals surface area contributed by atoms with Crippen LogP contribution in [-0.2, 0) is 14.8 Å². The fraction of sp³-hybridized carbons (Fsp3) is 0.182. The molecule has 0 fully saturated rings. The van der Waals surface area contributed by atoms with Gasteiger partial charge in [0.1, 0.15) is 13.2 Å². The number of nitrogens with one attached hydrogen (secondary N) is 1. The third kappa shape index (κ3) is 5.34. The minimum atomic E-state index is -3.74. The average Bonchev–Trinajstić information content (AvgIpc) is 3.26. The maximum atomic E-state index is 12.4. The van der Waals surface area contributed by atoms with Crippen LogP contribution < -0.4 is 14.8 Å². The van der Waals surface area contributed by atoms with Gasteiger partial charge in [-0.15, -0.1) is 11.3 Å². The van der Waals surface area contributed by atoms with Crippen molar-refractivity contribution in [1.29, 1.82) is 0 Å².